The molecule has 2 aliphatic rings. The first kappa shape index (κ1) is 35.6. The van der Waals surface area contributed by atoms with E-state index in [1.54, 1.807) is 0 Å². The predicted molar refractivity (Wildman–Crippen MR) is 268 cm³/mol. The van der Waals surface area contributed by atoms with Crippen LogP contribution < -0.4 is 4.90 Å². The second-order valence-corrected chi connectivity index (χ2v) is 18.2. The maximum absolute atomic E-state index is 6.56. The van der Waals surface area contributed by atoms with Gasteiger partial charge in [0.2, 0.25) is 0 Å². The van der Waals surface area contributed by atoms with Crippen LogP contribution >= 0.6 is 11.3 Å². The van der Waals surface area contributed by atoms with Crippen LogP contribution in [0.3, 0.4) is 0 Å². The highest BCUT2D eigenvalue weighted by Crippen LogP contribution is 2.63. The van der Waals surface area contributed by atoms with E-state index in [1.165, 1.54) is 70.4 Å². The molecule has 0 radical (unpaired) electrons. The van der Waals surface area contributed by atoms with Crippen molar-refractivity contribution in [3.8, 4) is 44.5 Å². The lowest BCUT2D eigenvalue weighted by Crippen LogP contribution is -2.26. The van der Waals surface area contributed by atoms with Gasteiger partial charge in [-0.3, -0.25) is 0 Å². The number of benzene rings is 10. The Labute approximate surface area is 374 Å². The van der Waals surface area contributed by atoms with E-state index in [1.807, 2.05) is 11.3 Å². The minimum atomic E-state index is -0.441. The molecule has 2 aliphatic carbocycles. The maximum atomic E-state index is 6.56. The highest BCUT2D eigenvalue weighted by Gasteiger charge is 2.51. The molecule has 0 bridgehead atoms. The van der Waals surface area contributed by atoms with Crippen LogP contribution in [0.1, 0.15) is 22.3 Å². The minimum Gasteiger partial charge on any atom is -0.455 e. The maximum Gasteiger partial charge on any atom is 0.143 e. The number of hydrogen-bond acceptors (Lipinski definition) is 3. The molecule has 0 N–H and O–H groups in total. The third kappa shape index (κ3) is 4.90. The van der Waals surface area contributed by atoms with Crippen molar-refractivity contribution in [3.05, 3.63) is 247 Å². The van der Waals surface area contributed by atoms with Gasteiger partial charge in [-0.2, -0.15) is 0 Å². The number of rotatable bonds is 5. The Balaban J connectivity index is 0.961. The molecule has 0 saturated heterocycles. The molecule has 2 heterocycles. The van der Waals surface area contributed by atoms with Crippen LogP contribution in [-0.2, 0) is 5.41 Å². The summed E-state index contributed by atoms with van der Waals surface area (Å²) in [6, 6.07) is 82.7. The molecule has 64 heavy (non-hydrogen) atoms. The molecule has 2 aromatic heterocycles. The van der Waals surface area contributed by atoms with E-state index >= 15 is 0 Å². The van der Waals surface area contributed by atoms with Crippen LogP contribution in [0.25, 0.3) is 86.6 Å². The van der Waals surface area contributed by atoms with Gasteiger partial charge in [0.05, 0.1) is 11.1 Å². The Morgan fingerprint density at radius 3 is 1.69 bits per heavy atom. The van der Waals surface area contributed by atoms with Crippen LogP contribution in [0.15, 0.2) is 229 Å². The summed E-state index contributed by atoms with van der Waals surface area (Å²) in [5.41, 5.74) is 19.9. The van der Waals surface area contributed by atoms with E-state index in [-0.39, 0.29) is 0 Å². The van der Waals surface area contributed by atoms with Crippen molar-refractivity contribution in [2.24, 2.45) is 0 Å². The summed E-state index contributed by atoms with van der Waals surface area (Å²) in [6.45, 7) is 0. The normalized spacial score (nSPS) is 13.1. The van der Waals surface area contributed by atoms with Crippen LogP contribution in [0.4, 0.5) is 17.1 Å². The number of thiophene rings is 1. The zero-order valence-corrected chi connectivity index (χ0v) is 35.4. The molecule has 3 heteroatoms. The first-order valence-corrected chi connectivity index (χ1v) is 22.8. The van der Waals surface area contributed by atoms with Crippen LogP contribution in [-0.4, -0.2) is 0 Å². The van der Waals surface area contributed by atoms with Gasteiger partial charge in [0.1, 0.15) is 11.2 Å². The average Bonchev–Trinajstić information content (AvgIpc) is 4.10. The van der Waals surface area contributed by atoms with Crippen molar-refractivity contribution in [1.82, 2.24) is 0 Å². The van der Waals surface area contributed by atoms with Gasteiger partial charge < -0.3 is 9.32 Å². The number of hydrogen-bond donors (Lipinski definition) is 0. The Hall–Kier alpha value is -7.98. The second-order valence-electron chi connectivity index (χ2n) is 17.1. The second kappa shape index (κ2) is 13.5. The van der Waals surface area contributed by atoms with Gasteiger partial charge in [-0.1, -0.05) is 170 Å². The van der Waals surface area contributed by atoms with Crippen LogP contribution in [0, 0.1) is 0 Å². The molecule has 2 nitrogen and oxygen atoms in total. The summed E-state index contributed by atoms with van der Waals surface area (Å²) in [5, 5.41) is 4.80. The molecule has 0 atom stereocenters. The Kier molecular flexibility index (Phi) is 7.51. The summed E-state index contributed by atoms with van der Waals surface area (Å²) in [6.07, 6.45) is 0. The molecule has 0 unspecified atom stereocenters. The molecule has 12 aromatic rings. The summed E-state index contributed by atoms with van der Waals surface area (Å²) in [7, 11) is 0. The van der Waals surface area contributed by atoms with E-state index in [9.17, 15) is 0 Å². The first-order chi connectivity index (χ1) is 31.7. The van der Waals surface area contributed by atoms with Gasteiger partial charge in [0.15, 0.2) is 0 Å². The molecule has 1 spiro atoms. The first-order valence-electron chi connectivity index (χ1n) is 22.0. The van der Waals surface area contributed by atoms with Crippen LogP contribution in [0.5, 0.6) is 0 Å². The summed E-state index contributed by atoms with van der Waals surface area (Å²) in [4.78, 5) is 2.49. The van der Waals surface area contributed by atoms with Gasteiger partial charge in [-0.25, -0.2) is 0 Å². The molecule has 0 amide bonds. The van der Waals surface area contributed by atoms with Crippen molar-refractivity contribution in [2.75, 3.05) is 4.90 Å². The molecule has 0 fully saturated rings. The smallest absolute Gasteiger partial charge is 0.143 e. The van der Waals surface area contributed by atoms with E-state index in [0.717, 1.165) is 55.6 Å². The summed E-state index contributed by atoms with van der Waals surface area (Å²) < 4.78 is 9.13. The number of nitrogens with zero attached hydrogens (tertiary/aromatic N) is 1. The number of furan rings is 1. The van der Waals surface area contributed by atoms with E-state index < -0.39 is 5.41 Å². The van der Waals surface area contributed by atoms with Crippen LogP contribution in [0.2, 0.25) is 0 Å². The van der Waals surface area contributed by atoms with Crippen molar-refractivity contribution >= 4 is 70.5 Å². The molecule has 14 rings (SSSR count). The van der Waals surface area contributed by atoms with Crippen molar-refractivity contribution in [3.63, 3.8) is 0 Å². The van der Waals surface area contributed by atoms with Crippen molar-refractivity contribution in [2.45, 2.75) is 5.41 Å². The van der Waals surface area contributed by atoms with Gasteiger partial charge in [0.25, 0.3) is 0 Å². The lowest BCUT2D eigenvalue weighted by Gasteiger charge is -2.32. The fourth-order valence-corrected chi connectivity index (χ4v) is 12.3. The average molecular weight is 832 g/mol. The van der Waals surface area contributed by atoms with Crippen molar-refractivity contribution in [1.29, 1.82) is 0 Å². The highest BCUT2D eigenvalue weighted by molar-refractivity contribution is 7.26. The molecular weight excluding hydrogens is 795 g/mol. The summed E-state index contributed by atoms with van der Waals surface area (Å²) in [5.74, 6) is 0. The van der Waals surface area contributed by atoms with Gasteiger partial charge in [-0.15, -0.1) is 11.3 Å². The Morgan fingerprint density at radius 2 is 0.938 bits per heavy atom. The third-order valence-corrected chi connectivity index (χ3v) is 15.0. The molecular formula is C61H37NOS. The topological polar surface area (TPSA) is 16.4 Å². The van der Waals surface area contributed by atoms with Gasteiger partial charge >= 0.3 is 0 Å². The zero-order valence-electron chi connectivity index (χ0n) is 34.6. The quantitative estimate of drug-likeness (QED) is 0.172. The van der Waals surface area contributed by atoms with Gasteiger partial charge in [-0.05, 0) is 116 Å². The lowest BCUT2D eigenvalue weighted by molar-refractivity contribution is 0.670. The Bertz CT molecular complexity index is 3790. The third-order valence-electron chi connectivity index (χ3n) is 13.9. The molecule has 0 saturated carbocycles. The number of para-hydroxylation sites is 1. The summed E-state index contributed by atoms with van der Waals surface area (Å²) >= 11 is 1.86. The van der Waals surface area contributed by atoms with E-state index in [2.05, 4.69) is 229 Å². The van der Waals surface area contributed by atoms with Gasteiger partial charge in [0, 0.05) is 47.9 Å². The molecule has 10 aromatic carbocycles. The molecule has 298 valence electrons. The fraction of sp³-hybridized carbons (Fsp3) is 0.0164. The number of anilines is 3. The largest absolute Gasteiger partial charge is 0.455 e. The predicted octanol–water partition coefficient (Wildman–Crippen LogP) is 17.1. The van der Waals surface area contributed by atoms with E-state index in [0.29, 0.717) is 0 Å². The number of fused-ring (bicyclic) bond motifs is 16. The minimum absolute atomic E-state index is 0.441. The SMILES string of the molecule is c1ccc(-c2cccc3c2oc2ccc(-c4ccc(N(c5ccc6c(c5)C5(c7ccccc7-c7ccccc75)c5ccccc5-6)c5cccc6sc7ccccc7c56)cc4)cc23)cc1. The monoisotopic (exact) mass is 831 g/mol. The van der Waals surface area contributed by atoms with Crippen molar-refractivity contribution < 1.29 is 4.42 Å². The highest BCUT2D eigenvalue weighted by atomic mass is 32.1. The standard InChI is InChI=1S/C61H37NOS/c1-2-14-39(15-3-1)43-20-12-21-48-50-36-40(30-35-56(50)63-60(43)48)38-28-31-41(32-29-38)62(55-25-13-27-58-59(55)49-19-7-11-26-57(49)64-58)42-33-34-47-46-18-6-10-24-53(46)61(54(47)37-42)51-22-8-4-16-44(51)45-17-5-9-23-52(45)61/h1-37H. The lowest BCUT2D eigenvalue weighted by atomic mass is 9.70. The van der Waals surface area contributed by atoms with E-state index in [4.69, 9.17) is 4.42 Å². The fourth-order valence-electron chi connectivity index (χ4n) is 11.2. The zero-order chi connectivity index (χ0) is 41.9. The molecule has 0 aliphatic heterocycles. The Morgan fingerprint density at radius 1 is 0.359 bits per heavy atom.